The lowest BCUT2D eigenvalue weighted by atomic mass is 10.3. The normalized spacial score (nSPS) is 24.9. The zero-order chi connectivity index (χ0) is 5.33. The molecule has 1 rings (SSSR count). The van der Waals surface area contributed by atoms with Gasteiger partial charge >= 0.3 is 0 Å². The van der Waals surface area contributed by atoms with Gasteiger partial charge < -0.3 is 5.32 Å². The van der Waals surface area contributed by atoms with Gasteiger partial charge in [0.05, 0.1) is 0 Å². The highest BCUT2D eigenvalue weighted by atomic mass is 19.1. The van der Waals surface area contributed by atoms with Crippen LogP contribution in [0.2, 0.25) is 0 Å². The Hall–Kier alpha value is -0.110. The van der Waals surface area contributed by atoms with Crippen LogP contribution in [0, 0.1) is 0 Å². The molecule has 7 heavy (non-hydrogen) atoms. The van der Waals surface area contributed by atoms with Crippen molar-refractivity contribution in [1.82, 2.24) is 5.32 Å². The zero-order valence-electron chi connectivity index (χ0n) is 4.50. The minimum atomic E-state index is -0.205. The lowest BCUT2D eigenvalue weighted by Crippen LogP contribution is -2.28. The fourth-order valence-corrected chi connectivity index (χ4v) is 0.601. The number of hydrogen-bond donors (Lipinski definition) is 1. The molecule has 1 aliphatic carbocycles. The van der Waals surface area contributed by atoms with E-state index in [0.717, 1.165) is 12.8 Å². The summed E-state index contributed by atoms with van der Waals surface area (Å²) in [5.74, 6) is 0. The van der Waals surface area contributed by atoms with Gasteiger partial charge in [-0.05, 0) is 19.9 Å². The van der Waals surface area contributed by atoms with Crippen molar-refractivity contribution in [2.45, 2.75) is 18.4 Å². The first-order valence-electron chi connectivity index (χ1n) is 2.58. The Labute approximate surface area is 42.9 Å². The molecular formula is C5H10FN. The van der Waals surface area contributed by atoms with Crippen LogP contribution in [0.4, 0.5) is 4.39 Å². The summed E-state index contributed by atoms with van der Waals surface area (Å²) in [6.07, 6.45) is 2.03. The summed E-state index contributed by atoms with van der Waals surface area (Å²) in [5, 5.41) is 2.93. The Bertz CT molecular complexity index is 62.5. The molecular weight excluding hydrogens is 93.1 g/mol. The van der Waals surface area contributed by atoms with Crippen LogP contribution >= 0.6 is 0 Å². The summed E-state index contributed by atoms with van der Waals surface area (Å²) in [6, 6.07) is 0. The Balaban J connectivity index is 2.28. The van der Waals surface area contributed by atoms with E-state index in [2.05, 4.69) is 5.32 Å². The third-order valence-electron chi connectivity index (χ3n) is 1.64. The molecule has 0 heterocycles. The Kier molecular flexibility index (Phi) is 1.04. The standard InChI is InChI=1S/C5H10FN/c1-7-5(4-6)2-3-5/h7H,2-4H2,1H3. The van der Waals surface area contributed by atoms with Crippen molar-refractivity contribution in [3.63, 3.8) is 0 Å². The van der Waals surface area contributed by atoms with Crippen LogP contribution in [-0.2, 0) is 0 Å². The van der Waals surface area contributed by atoms with E-state index in [9.17, 15) is 4.39 Å². The molecule has 1 saturated carbocycles. The molecule has 0 amide bonds. The van der Waals surface area contributed by atoms with E-state index in [1.807, 2.05) is 7.05 Å². The highest BCUT2D eigenvalue weighted by molar-refractivity contribution is 5.00. The van der Waals surface area contributed by atoms with Crippen molar-refractivity contribution in [3.05, 3.63) is 0 Å². The minimum absolute atomic E-state index is 0.0833. The molecule has 0 unspecified atom stereocenters. The van der Waals surface area contributed by atoms with Crippen LogP contribution in [-0.4, -0.2) is 19.3 Å². The van der Waals surface area contributed by atoms with Crippen molar-refractivity contribution < 1.29 is 4.39 Å². The smallest absolute Gasteiger partial charge is 0.108 e. The number of halogens is 1. The fourth-order valence-electron chi connectivity index (χ4n) is 0.601. The molecule has 0 atom stereocenters. The molecule has 0 radical (unpaired) electrons. The second kappa shape index (κ2) is 1.44. The summed E-state index contributed by atoms with van der Waals surface area (Å²) in [6.45, 7) is -0.205. The highest BCUT2D eigenvalue weighted by Gasteiger charge is 2.40. The molecule has 1 nitrogen and oxygen atoms in total. The molecule has 0 aromatic heterocycles. The fraction of sp³-hybridized carbons (Fsp3) is 1.00. The van der Waals surface area contributed by atoms with E-state index in [-0.39, 0.29) is 12.2 Å². The highest BCUT2D eigenvalue weighted by Crippen LogP contribution is 2.34. The maximum atomic E-state index is 11.8. The molecule has 0 aliphatic heterocycles. The Morgan fingerprint density at radius 2 is 2.29 bits per heavy atom. The van der Waals surface area contributed by atoms with E-state index in [1.54, 1.807) is 0 Å². The SMILES string of the molecule is CNC1(CF)CC1. The second-order valence-corrected chi connectivity index (χ2v) is 2.16. The van der Waals surface area contributed by atoms with Gasteiger partial charge in [-0.15, -0.1) is 0 Å². The first-order chi connectivity index (χ1) is 3.33. The zero-order valence-corrected chi connectivity index (χ0v) is 4.50. The number of rotatable bonds is 2. The van der Waals surface area contributed by atoms with Crippen LogP contribution in [0.25, 0.3) is 0 Å². The lowest BCUT2D eigenvalue weighted by Gasteiger charge is -2.05. The maximum absolute atomic E-state index is 11.8. The molecule has 1 aliphatic rings. The predicted octanol–water partition coefficient (Wildman–Crippen LogP) is 0.708. The van der Waals surface area contributed by atoms with Gasteiger partial charge in [0.1, 0.15) is 6.67 Å². The number of hydrogen-bond acceptors (Lipinski definition) is 1. The summed E-state index contributed by atoms with van der Waals surface area (Å²) >= 11 is 0. The minimum Gasteiger partial charge on any atom is -0.312 e. The predicted molar refractivity (Wildman–Crippen MR) is 27.0 cm³/mol. The van der Waals surface area contributed by atoms with Gasteiger partial charge in [-0.2, -0.15) is 0 Å². The molecule has 0 spiro atoms. The second-order valence-electron chi connectivity index (χ2n) is 2.16. The van der Waals surface area contributed by atoms with E-state index in [0.29, 0.717) is 0 Å². The molecule has 1 N–H and O–H groups in total. The molecule has 0 saturated heterocycles. The number of nitrogens with one attached hydrogen (secondary N) is 1. The van der Waals surface area contributed by atoms with Crippen molar-refractivity contribution in [3.8, 4) is 0 Å². The maximum Gasteiger partial charge on any atom is 0.108 e. The van der Waals surface area contributed by atoms with Gasteiger partial charge in [-0.3, -0.25) is 0 Å². The van der Waals surface area contributed by atoms with Crippen LogP contribution in [0.15, 0.2) is 0 Å². The molecule has 2 heteroatoms. The first kappa shape index (κ1) is 5.04. The van der Waals surface area contributed by atoms with Crippen LogP contribution in [0.3, 0.4) is 0 Å². The topological polar surface area (TPSA) is 12.0 Å². The van der Waals surface area contributed by atoms with Crippen LogP contribution in [0.1, 0.15) is 12.8 Å². The summed E-state index contributed by atoms with van der Waals surface area (Å²) in [7, 11) is 1.81. The van der Waals surface area contributed by atoms with E-state index in [4.69, 9.17) is 0 Å². The Morgan fingerprint density at radius 1 is 1.71 bits per heavy atom. The van der Waals surface area contributed by atoms with Crippen molar-refractivity contribution >= 4 is 0 Å². The number of alkyl halides is 1. The third kappa shape index (κ3) is 0.752. The monoisotopic (exact) mass is 103 g/mol. The molecule has 0 bridgehead atoms. The van der Waals surface area contributed by atoms with Crippen LogP contribution in [0.5, 0.6) is 0 Å². The first-order valence-corrected chi connectivity index (χ1v) is 2.58. The molecule has 42 valence electrons. The van der Waals surface area contributed by atoms with Gasteiger partial charge in [0, 0.05) is 5.54 Å². The van der Waals surface area contributed by atoms with Crippen molar-refractivity contribution in [2.75, 3.05) is 13.7 Å². The quantitative estimate of drug-likeness (QED) is 0.542. The summed E-state index contributed by atoms with van der Waals surface area (Å²) in [4.78, 5) is 0. The third-order valence-corrected chi connectivity index (χ3v) is 1.64. The van der Waals surface area contributed by atoms with Gasteiger partial charge in [-0.1, -0.05) is 0 Å². The summed E-state index contributed by atoms with van der Waals surface area (Å²) < 4.78 is 11.8. The summed E-state index contributed by atoms with van der Waals surface area (Å²) in [5.41, 5.74) is -0.0833. The molecule has 1 fully saturated rings. The van der Waals surface area contributed by atoms with E-state index < -0.39 is 0 Å². The Morgan fingerprint density at radius 3 is 2.29 bits per heavy atom. The van der Waals surface area contributed by atoms with Crippen LogP contribution < -0.4 is 5.32 Å². The average Bonchev–Trinajstić information content (AvgIpc) is 2.46. The largest absolute Gasteiger partial charge is 0.312 e. The van der Waals surface area contributed by atoms with Crippen molar-refractivity contribution in [2.24, 2.45) is 0 Å². The van der Waals surface area contributed by atoms with Crippen molar-refractivity contribution in [1.29, 1.82) is 0 Å². The van der Waals surface area contributed by atoms with Gasteiger partial charge in [0.2, 0.25) is 0 Å². The van der Waals surface area contributed by atoms with Gasteiger partial charge in [-0.25, -0.2) is 4.39 Å². The molecule has 0 aromatic rings. The van der Waals surface area contributed by atoms with Gasteiger partial charge in [0.25, 0.3) is 0 Å². The van der Waals surface area contributed by atoms with E-state index in [1.165, 1.54) is 0 Å². The lowest BCUT2D eigenvalue weighted by molar-refractivity contribution is 0.377. The van der Waals surface area contributed by atoms with Gasteiger partial charge in [0.15, 0.2) is 0 Å². The average molecular weight is 103 g/mol. The van der Waals surface area contributed by atoms with E-state index >= 15 is 0 Å². The molecule has 0 aromatic carbocycles.